The molecule has 8 heteroatoms. The van der Waals surface area contributed by atoms with Crippen LogP contribution in [0.15, 0.2) is 29.6 Å². The van der Waals surface area contributed by atoms with Crippen molar-refractivity contribution in [2.24, 2.45) is 0 Å². The lowest BCUT2D eigenvalue weighted by Crippen LogP contribution is -2.28. The third-order valence-electron chi connectivity index (χ3n) is 2.84. The second kappa shape index (κ2) is 8.35. The Bertz CT molecular complexity index is 690. The van der Waals surface area contributed by atoms with Gasteiger partial charge in [-0.25, -0.2) is 14.2 Å². The topological polar surface area (TPSA) is 88.5 Å². The Kier molecular flexibility index (Phi) is 6.19. The van der Waals surface area contributed by atoms with Gasteiger partial charge in [0, 0.05) is 18.3 Å². The first-order chi connectivity index (χ1) is 11.1. The van der Waals surface area contributed by atoms with Crippen LogP contribution in [0.5, 0.6) is 0 Å². The highest BCUT2D eigenvalue weighted by atomic mass is 32.1. The van der Waals surface area contributed by atoms with E-state index in [0.29, 0.717) is 17.0 Å². The minimum atomic E-state index is -1.06. The van der Waals surface area contributed by atoms with Gasteiger partial charge in [-0.3, -0.25) is 4.79 Å². The SMILES string of the molecule is O=C(O)COCCNC(=O)c1csc(Cc2ccccc2F)n1. The van der Waals surface area contributed by atoms with Crippen molar-refractivity contribution in [1.29, 1.82) is 0 Å². The van der Waals surface area contributed by atoms with Crippen LogP contribution in [0.25, 0.3) is 0 Å². The zero-order valence-electron chi connectivity index (χ0n) is 12.1. The number of aliphatic carboxylic acids is 1. The van der Waals surface area contributed by atoms with E-state index in [2.05, 4.69) is 10.3 Å². The molecule has 0 bridgehead atoms. The minimum absolute atomic E-state index is 0.101. The van der Waals surface area contributed by atoms with Gasteiger partial charge >= 0.3 is 5.97 Å². The molecule has 0 spiro atoms. The van der Waals surface area contributed by atoms with E-state index >= 15 is 0 Å². The third kappa shape index (κ3) is 5.42. The highest BCUT2D eigenvalue weighted by Gasteiger charge is 2.12. The van der Waals surface area contributed by atoms with E-state index in [4.69, 9.17) is 9.84 Å². The Morgan fingerprint density at radius 2 is 2.13 bits per heavy atom. The molecule has 2 aromatic rings. The van der Waals surface area contributed by atoms with Gasteiger partial charge < -0.3 is 15.2 Å². The van der Waals surface area contributed by atoms with Crippen LogP contribution in [0.2, 0.25) is 0 Å². The van der Waals surface area contributed by atoms with Gasteiger partial charge in [0.05, 0.1) is 11.6 Å². The van der Waals surface area contributed by atoms with Crippen LogP contribution in [0.3, 0.4) is 0 Å². The number of carbonyl (C=O) groups excluding carboxylic acids is 1. The number of carboxylic acids is 1. The Labute approximate surface area is 135 Å². The molecule has 0 aliphatic heterocycles. The van der Waals surface area contributed by atoms with E-state index in [0.717, 1.165) is 0 Å². The summed E-state index contributed by atoms with van der Waals surface area (Å²) in [6, 6.07) is 6.42. The summed E-state index contributed by atoms with van der Waals surface area (Å²) in [5.41, 5.74) is 0.774. The summed E-state index contributed by atoms with van der Waals surface area (Å²) in [6.07, 6.45) is 0.326. The maximum Gasteiger partial charge on any atom is 0.329 e. The maximum absolute atomic E-state index is 13.6. The normalized spacial score (nSPS) is 10.5. The molecule has 0 saturated carbocycles. The molecule has 0 atom stereocenters. The lowest BCUT2D eigenvalue weighted by Gasteiger charge is -2.03. The Hall–Kier alpha value is -2.32. The lowest BCUT2D eigenvalue weighted by molar-refractivity contribution is -0.142. The average Bonchev–Trinajstić information content (AvgIpc) is 2.97. The Morgan fingerprint density at radius 3 is 2.87 bits per heavy atom. The number of carbonyl (C=O) groups is 2. The van der Waals surface area contributed by atoms with Gasteiger partial charge in [0.25, 0.3) is 5.91 Å². The van der Waals surface area contributed by atoms with Gasteiger partial charge in [-0.15, -0.1) is 11.3 Å². The monoisotopic (exact) mass is 338 g/mol. The molecule has 23 heavy (non-hydrogen) atoms. The van der Waals surface area contributed by atoms with Gasteiger partial charge in [-0.1, -0.05) is 18.2 Å². The molecule has 0 radical (unpaired) electrons. The molecule has 6 nitrogen and oxygen atoms in total. The summed E-state index contributed by atoms with van der Waals surface area (Å²) in [5.74, 6) is -1.74. The molecular formula is C15H15FN2O4S. The van der Waals surface area contributed by atoms with E-state index in [-0.39, 0.29) is 30.6 Å². The number of carboxylic acid groups (broad SMARTS) is 1. The molecule has 2 rings (SSSR count). The van der Waals surface area contributed by atoms with Crippen LogP contribution in [0.1, 0.15) is 21.1 Å². The van der Waals surface area contributed by atoms with E-state index in [1.807, 2.05) is 0 Å². The predicted molar refractivity (Wildman–Crippen MR) is 82.1 cm³/mol. The van der Waals surface area contributed by atoms with Crippen LogP contribution in [-0.2, 0) is 16.0 Å². The smallest absolute Gasteiger partial charge is 0.329 e. The zero-order chi connectivity index (χ0) is 16.7. The van der Waals surface area contributed by atoms with Crippen LogP contribution < -0.4 is 5.32 Å². The minimum Gasteiger partial charge on any atom is -0.480 e. The van der Waals surface area contributed by atoms with E-state index in [1.54, 1.807) is 23.6 Å². The number of hydrogen-bond acceptors (Lipinski definition) is 5. The molecule has 2 N–H and O–H groups in total. The maximum atomic E-state index is 13.6. The number of rotatable bonds is 8. The molecule has 1 heterocycles. The highest BCUT2D eigenvalue weighted by Crippen LogP contribution is 2.16. The highest BCUT2D eigenvalue weighted by molar-refractivity contribution is 7.09. The Morgan fingerprint density at radius 1 is 1.35 bits per heavy atom. The van der Waals surface area contributed by atoms with Crippen molar-refractivity contribution >= 4 is 23.2 Å². The molecule has 0 fully saturated rings. The van der Waals surface area contributed by atoms with Gasteiger partial charge in [0.1, 0.15) is 18.1 Å². The first kappa shape index (κ1) is 17.0. The lowest BCUT2D eigenvalue weighted by atomic mass is 10.1. The number of halogens is 1. The number of aromatic nitrogens is 1. The number of nitrogens with zero attached hydrogens (tertiary/aromatic N) is 1. The predicted octanol–water partition coefficient (Wildman–Crippen LogP) is 1.70. The molecule has 0 aliphatic carbocycles. The molecule has 1 aromatic carbocycles. The Balaban J connectivity index is 1.83. The fourth-order valence-electron chi connectivity index (χ4n) is 1.79. The summed E-state index contributed by atoms with van der Waals surface area (Å²) >= 11 is 1.28. The van der Waals surface area contributed by atoms with E-state index in [1.165, 1.54) is 17.4 Å². The summed E-state index contributed by atoms with van der Waals surface area (Å²) in [6.45, 7) is -0.115. The molecule has 0 aliphatic rings. The number of benzene rings is 1. The van der Waals surface area contributed by atoms with Crippen molar-refractivity contribution < 1.29 is 23.8 Å². The quantitative estimate of drug-likeness (QED) is 0.715. The van der Waals surface area contributed by atoms with Gasteiger partial charge in [0.15, 0.2) is 0 Å². The molecule has 1 aromatic heterocycles. The van der Waals surface area contributed by atoms with Crippen LogP contribution in [0.4, 0.5) is 4.39 Å². The number of amides is 1. The first-order valence-corrected chi connectivity index (χ1v) is 7.70. The second-order valence-electron chi connectivity index (χ2n) is 4.60. The van der Waals surface area contributed by atoms with Crippen LogP contribution in [0, 0.1) is 5.82 Å². The standard InChI is InChI=1S/C15H15FN2O4S/c16-11-4-2-1-3-10(11)7-13-18-12(9-23-13)15(21)17-5-6-22-8-14(19)20/h1-4,9H,5-8H2,(H,17,21)(H,19,20). The number of ether oxygens (including phenoxy) is 1. The second-order valence-corrected chi connectivity index (χ2v) is 5.54. The van der Waals surface area contributed by atoms with E-state index in [9.17, 15) is 14.0 Å². The summed E-state index contributed by atoms with van der Waals surface area (Å²) in [5, 5.41) is 13.2. The van der Waals surface area contributed by atoms with Crippen molar-refractivity contribution in [3.8, 4) is 0 Å². The molecule has 122 valence electrons. The molecular weight excluding hydrogens is 323 g/mol. The third-order valence-corrected chi connectivity index (χ3v) is 3.69. The summed E-state index contributed by atoms with van der Waals surface area (Å²) in [4.78, 5) is 26.3. The van der Waals surface area contributed by atoms with E-state index < -0.39 is 12.6 Å². The molecule has 1 amide bonds. The van der Waals surface area contributed by atoms with Crippen molar-refractivity contribution in [1.82, 2.24) is 10.3 Å². The van der Waals surface area contributed by atoms with Gasteiger partial charge in [-0.05, 0) is 11.6 Å². The first-order valence-electron chi connectivity index (χ1n) is 6.82. The van der Waals surface area contributed by atoms with Crippen molar-refractivity contribution in [2.75, 3.05) is 19.8 Å². The number of hydrogen-bond donors (Lipinski definition) is 2. The van der Waals surface area contributed by atoms with Crippen LogP contribution >= 0.6 is 11.3 Å². The summed E-state index contributed by atoms with van der Waals surface area (Å²) < 4.78 is 18.4. The zero-order valence-corrected chi connectivity index (χ0v) is 12.9. The number of thiazole rings is 1. The van der Waals surface area contributed by atoms with Crippen LogP contribution in [-0.4, -0.2) is 41.7 Å². The molecule has 0 saturated heterocycles. The number of nitrogens with one attached hydrogen (secondary N) is 1. The van der Waals surface area contributed by atoms with Crippen molar-refractivity contribution in [3.05, 3.63) is 51.7 Å². The fraction of sp³-hybridized carbons (Fsp3) is 0.267. The molecule has 0 unspecified atom stereocenters. The van der Waals surface area contributed by atoms with Crippen molar-refractivity contribution in [3.63, 3.8) is 0 Å². The largest absolute Gasteiger partial charge is 0.480 e. The van der Waals surface area contributed by atoms with Crippen molar-refractivity contribution in [2.45, 2.75) is 6.42 Å². The fourth-order valence-corrected chi connectivity index (χ4v) is 2.59. The van der Waals surface area contributed by atoms with Gasteiger partial charge in [0.2, 0.25) is 0 Å². The van der Waals surface area contributed by atoms with Gasteiger partial charge in [-0.2, -0.15) is 0 Å². The average molecular weight is 338 g/mol. The summed E-state index contributed by atoms with van der Waals surface area (Å²) in [7, 11) is 0.